The van der Waals surface area contributed by atoms with Gasteiger partial charge in [0.2, 0.25) is 5.91 Å². The maximum Gasteiger partial charge on any atom is 0.308 e. The molecule has 19 nitrogen and oxygen atoms in total. The van der Waals surface area contributed by atoms with Crippen LogP contribution < -0.4 is 11.1 Å². The minimum absolute atomic E-state index is 0.0567. The largest absolute Gasteiger partial charge is 0.462 e. The number of hydrogen-bond acceptors (Lipinski definition) is 18. The van der Waals surface area contributed by atoms with E-state index in [0.29, 0.717) is 19.3 Å². The van der Waals surface area contributed by atoms with Gasteiger partial charge in [-0.2, -0.15) is 0 Å². The molecule has 1 amide bonds. The van der Waals surface area contributed by atoms with E-state index in [-0.39, 0.29) is 70.5 Å². The number of aliphatic hydroxyl groups is 11. The molecule has 2 heterocycles. The third-order valence-corrected chi connectivity index (χ3v) is 12.6. The highest BCUT2D eigenvalue weighted by atomic mass is 16.7. The summed E-state index contributed by atoms with van der Waals surface area (Å²) >= 11 is 0. The lowest BCUT2D eigenvalue weighted by molar-refractivity contribution is -0.255. The van der Waals surface area contributed by atoms with Crippen molar-refractivity contribution in [3.63, 3.8) is 0 Å². The Labute approximate surface area is 412 Å². The van der Waals surface area contributed by atoms with Gasteiger partial charge in [0.15, 0.2) is 6.29 Å². The fourth-order valence-electron chi connectivity index (χ4n) is 8.37. The fourth-order valence-corrected chi connectivity index (χ4v) is 8.37. The summed E-state index contributed by atoms with van der Waals surface area (Å²) in [5.41, 5.74) is 6.04. The summed E-state index contributed by atoms with van der Waals surface area (Å²) in [6, 6.07) is -1.71. The number of esters is 1. The van der Waals surface area contributed by atoms with Crippen molar-refractivity contribution in [2.45, 2.75) is 189 Å². The molecule has 2 fully saturated rings. The predicted octanol–water partition coefficient (Wildman–Crippen LogP) is 0.312. The fraction of sp³-hybridized carbons (Fsp3) is 0.686. The molecule has 2 aliphatic heterocycles. The van der Waals surface area contributed by atoms with Crippen LogP contribution in [0.3, 0.4) is 0 Å². The van der Waals surface area contributed by atoms with Crippen LogP contribution in [0.25, 0.3) is 0 Å². The maximum absolute atomic E-state index is 14.1. The van der Waals surface area contributed by atoms with Gasteiger partial charge in [-0.05, 0) is 58.3 Å². The minimum Gasteiger partial charge on any atom is -0.462 e. The van der Waals surface area contributed by atoms with Crippen molar-refractivity contribution in [1.82, 2.24) is 5.32 Å². The number of carbonyl (C=O) groups is 2. The Bertz CT molecular complexity index is 1710. The van der Waals surface area contributed by atoms with E-state index >= 15 is 0 Å². The molecule has 1 aliphatic carbocycles. The van der Waals surface area contributed by atoms with E-state index in [1.54, 1.807) is 61.6 Å². The standard InChI is InChI=1S/C51H82N2O17/c1-32-16-13-11-9-7-5-3-4-6-8-10-12-14-17-37(70-51-49(65)48(52)44(63)31-68-51)30-45(47(41(60)22-24-54)50(66)53-38-18-15-19-39(38)58)67-25-23-35(56)28-43(62)40(59)21-20-34(55)27-36(57)29-46(64)69-33(2)26-42(32)61/h3-14,16-17,32-45,47-49,51,54-63,65H,15,18-31,52H2,1-2H3,(H,53,66)/b4-3+,7-5+,8-6+,11-9+,12-10+,16-13+,17-14+/t32-,33-,34?,35?,36?,37?,38?,39+,40?,41-,42-,43?,44+,45-,47+,48-,49-,51-/m0/s1. The summed E-state index contributed by atoms with van der Waals surface area (Å²) in [5, 5.41) is 120. The van der Waals surface area contributed by atoms with Crippen molar-refractivity contribution in [2.24, 2.45) is 17.6 Å². The van der Waals surface area contributed by atoms with Gasteiger partial charge >= 0.3 is 5.97 Å². The van der Waals surface area contributed by atoms with Gasteiger partial charge in [0.05, 0.1) is 98.2 Å². The lowest BCUT2D eigenvalue weighted by Gasteiger charge is -2.38. The number of aliphatic hydroxyl groups excluding tert-OH is 11. The quantitative estimate of drug-likeness (QED) is 0.146. The molecule has 19 heteroatoms. The molecule has 0 aromatic heterocycles. The lowest BCUT2D eigenvalue weighted by atomic mass is 9.88. The molecular formula is C51H82N2O17. The number of allylic oxidation sites excluding steroid dienone is 12. The summed E-state index contributed by atoms with van der Waals surface area (Å²) in [4.78, 5) is 26.6. The smallest absolute Gasteiger partial charge is 0.308 e. The molecule has 0 radical (unpaired) electrons. The number of rotatable bonds is 8. The molecular weight excluding hydrogens is 913 g/mol. The van der Waals surface area contributed by atoms with E-state index in [2.05, 4.69) is 5.32 Å². The van der Waals surface area contributed by atoms with E-state index in [0.717, 1.165) is 0 Å². The molecule has 7 unspecified atom stereocenters. The molecule has 0 spiro atoms. The predicted molar refractivity (Wildman–Crippen MR) is 259 cm³/mol. The molecule has 14 N–H and O–H groups in total. The van der Waals surface area contributed by atoms with Gasteiger partial charge in [-0.3, -0.25) is 9.59 Å². The van der Waals surface area contributed by atoms with Crippen molar-refractivity contribution in [3.05, 3.63) is 85.1 Å². The van der Waals surface area contributed by atoms with Crippen molar-refractivity contribution in [2.75, 3.05) is 19.8 Å². The first-order chi connectivity index (χ1) is 33.4. The van der Waals surface area contributed by atoms with Crippen LogP contribution in [0.15, 0.2) is 85.1 Å². The first-order valence-electron chi connectivity index (χ1n) is 24.6. The topological polar surface area (TPSA) is 332 Å². The number of cyclic esters (lactones) is 1. The van der Waals surface area contributed by atoms with Gasteiger partial charge in [-0.25, -0.2) is 0 Å². The van der Waals surface area contributed by atoms with Crippen molar-refractivity contribution in [3.8, 4) is 0 Å². The van der Waals surface area contributed by atoms with Gasteiger partial charge in [0.25, 0.3) is 0 Å². The Kier molecular flexibility index (Phi) is 28.9. The van der Waals surface area contributed by atoms with Crippen LogP contribution in [-0.4, -0.2) is 186 Å². The van der Waals surface area contributed by atoms with Gasteiger partial charge in [0.1, 0.15) is 12.2 Å². The Morgan fingerprint density at radius 2 is 1.31 bits per heavy atom. The van der Waals surface area contributed by atoms with E-state index in [4.69, 9.17) is 24.7 Å². The summed E-state index contributed by atoms with van der Waals surface area (Å²) in [6.07, 6.45) is 8.44. The van der Waals surface area contributed by atoms with Crippen LogP contribution >= 0.6 is 0 Å². The molecule has 398 valence electrons. The van der Waals surface area contributed by atoms with Gasteiger partial charge in [-0.15, -0.1) is 0 Å². The molecule has 70 heavy (non-hydrogen) atoms. The van der Waals surface area contributed by atoms with Crippen LogP contribution in [0, 0.1) is 11.8 Å². The summed E-state index contributed by atoms with van der Waals surface area (Å²) in [7, 11) is 0. The third kappa shape index (κ3) is 22.9. The zero-order chi connectivity index (χ0) is 51.6. The highest BCUT2D eigenvalue weighted by Crippen LogP contribution is 2.28. The number of hydrogen-bond donors (Lipinski definition) is 13. The Morgan fingerprint density at radius 1 is 0.700 bits per heavy atom. The number of ether oxygens (including phenoxy) is 4. The SMILES string of the molecule is C[C@H]1C[C@H](O)[C@@H](C)/C=C/C=C/C=C/C=C/C=C/C=C/C=C/C(O[C@@H]2OC[C@@H](O)[C@H](N)[C@@H]2O)C[C@@H]([C@H](C(=O)NC2CCC[C@H]2O)[C@@H](O)CCO)OCCC(O)CC(O)C(O)CCC(O)CC(O)CC(=O)O1. The maximum atomic E-state index is 14.1. The van der Waals surface area contributed by atoms with Gasteiger partial charge < -0.3 is 86.2 Å². The second kappa shape index (κ2) is 33.3. The second-order valence-electron chi connectivity index (χ2n) is 18.7. The lowest BCUT2D eigenvalue weighted by Crippen LogP contribution is -2.58. The zero-order valence-electron chi connectivity index (χ0n) is 40.5. The Morgan fingerprint density at radius 3 is 1.93 bits per heavy atom. The summed E-state index contributed by atoms with van der Waals surface area (Å²) < 4.78 is 23.5. The number of nitrogens with one attached hydrogen (secondary N) is 1. The number of nitrogens with two attached hydrogens (primary N) is 1. The van der Waals surface area contributed by atoms with Gasteiger partial charge in [-0.1, -0.05) is 92.0 Å². The second-order valence-corrected chi connectivity index (χ2v) is 18.7. The monoisotopic (exact) mass is 995 g/mol. The molecule has 1 saturated heterocycles. The summed E-state index contributed by atoms with van der Waals surface area (Å²) in [6.45, 7) is 2.49. The average Bonchev–Trinajstić information content (AvgIpc) is 3.70. The molecule has 3 rings (SSSR count). The number of amides is 1. The minimum atomic E-state index is -1.46. The van der Waals surface area contributed by atoms with E-state index < -0.39 is 129 Å². The van der Waals surface area contributed by atoms with Gasteiger partial charge in [0, 0.05) is 38.4 Å². The highest BCUT2D eigenvalue weighted by molar-refractivity contribution is 5.80. The first-order valence-corrected chi connectivity index (χ1v) is 24.6. The average molecular weight is 995 g/mol. The van der Waals surface area contributed by atoms with Crippen molar-refractivity contribution >= 4 is 11.9 Å². The molecule has 3 aliphatic rings. The zero-order valence-corrected chi connectivity index (χ0v) is 40.5. The van der Waals surface area contributed by atoms with Crippen molar-refractivity contribution in [1.29, 1.82) is 0 Å². The molecule has 1 saturated carbocycles. The first kappa shape index (κ1) is 60.8. The van der Waals surface area contributed by atoms with Crippen LogP contribution in [0.4, 0.5) is 0 Å². The Hall–Kier alpha value is -3.48. The van der Waals surface area contributed by atoms with E-state index in [1.165, 1.54) is 0 Å². The third-order valence-electron chi connectivity index (χ3n) is 12.6. The summed E-state index contributed by atoms with van der Waals surface area (Å²) in [5.74, 6) is -3.00. The highest BCUT2D eigenvalue weighted by Gasteiger charge is 2.42. The molecule has 0 aromatic rings. The molecule has 18 atom stereocenters. The normalized spacial score (nSPS) is 40.1. The Balaban J connectivity index is 1.91. The molecule has 0 bridgehead atoms. The van der Waals surface area contributed by atoms with E-state index in [1.807, 2.05) is 37.3 Å². The van der Waals surface area contributed by atoms with Crippen LogP contribution in [-0.2, 0) is 28.5 Å². The van der Waals surface area contributed by atoms with Crippen LogP contribution in [0.2, 0.25) is 0 Å². The van der Waals surface area contributed by atoms with Crippen LogP contribution in [0.1, 0.15) is 90.9 Å². The van der Waals surface area contributed by atoms with Crippen molar-refractivity contribution < 1.29 is 84.7 Å². The molecule has 0 aromatic carbocycles. The van der Waals surface area contributed by atoms with Crippen LogP contribution in [0.5, 0.6) is 0 Å². The van der Waals surface area contributed by atoms with E-state index in [9.17, 15) is 65.8 Å². The number of carbonyl (C=O) groups excluding carboxylic acids is 2.